The average Bonchev–Trinajstić information content (AvgIpc) is 3.20. The van der Waals surface area contributed by atoms with E-state index in [1.165, 1.54) is 16.3 Å². The number of anilines is 1. The first-order chi connectivity index (χ1) is 14.1. The molecule has 1 aliphatic rings. The maximum atomic E-state index is 12.3. The Balaban J connectivity index is 1.86. The van der Waals surface area contributed by atoms with Crippen molar-refractivity contribution in [3.63, 3.8) is 0 Å². The number of imidazole rings is 1. The minimum Gasteiger partial charge on any atom is -0.387 e. The Morgan fingerprint density at radius 1 is 1.43 bits per heavy atom. The number of H-pyrrole nitrogens is 1. The van der Waals surface area contributed by atoms with E-state index in [1.807, 2.05) is 6.92 Å². The fourth-order valence-electron chi connectivity index (χ4n) is 2.80. The van der Waals surface area contributed by atoms with E-state index in [0.717, 1.165) is 12.1 Å². The number of aromatic nitrogens is 4. The fourth-order valence-corrected chi connectivity index (χ4v) is 3.60. The normalized spacial score (nSPS) is 24.4. The van der Waals surface area contributed by atoms with Gasteiger partial charge in [-0.2, -0.15) is 16.7 Å². The summed E-state index contributed by atoms with van der Waals surface area (Å²) in [5.74, 6) is 0.382. The molecule has 1 saturated heterocycles. The Labute approximate surface area is 172 Å². The van der Waals surface area contributed by atoms with E-state index in [2.05, 4.69) is 24.8 Å². The SMILES string of the molecule is CCSCC(=O)Nc1nc2c(ncn2[C@@H]2O[C@H](COP(=O)(O)O)[C@@H](O)[C@H]2O)c(=O)[nH]1. The number of thioether (sulfide) groups is 1. The molecule has 0 aromatic carbocycles. The Morgan fingerprint density at radius 3 is 2.83 bits per heavy atom. The fraction of sp³-hybridized carbons (Fsp3) is 0.571. The van der Waals surface area contributed by atoms with Crippen molar-refractivity contribution in [2.45, 2.75) is 31.5 Å². The summed E-state index contributed by atoms with van der Waals surface area (Å²) in [4.78, 5) is 52.2. The number of phosphoric ester groups is 1. The van der Waals surface area contributed by atoms with Crippen molar-refractivity contribution in [2.24, 2.45) is 0 Å². The minimum atomic E-state index is -4.81. The van der Waals surface area contributed by atoms with Crippen molar-refractivity contribution >= 4 is 42.6 Å². The second-order valence-electron chi connectivity index (χ2n) is 6.26. The molecule has 0 unspecified atom stereocenters. The number of carbonyl (C=O) groups is 1. The van der Waals surface area contributed by atoms with Crippen LogP contribution in [-0.4, -0.2) is 81.9 Å². The van der Waals surface area contributed by atoms with E-state index in [0.29, 0.717) is 0 Å². The van der Waals surface area contributed by atoms with Crippen LogP contribution in [0.2, 0.25) is 0 Å². The third-order valence-corrected chi connectivity index (χ3v) is 5.51. The molecule has 2 aromatic rings. The van der Waals surface area contributed by atoms with Crippen LogP contribution in [0, 0.1) is 0 Å². The topological polar surface area (TPSA) is 209 Å². The van der Waals surface area contributed by atoms with E-state index < -0.39 is 44.5 Å². The summed E-state index contributed by atoms with van der Waals surface area (Å²) in [6.07, 6.45) is -4.46. The maximum Gasteiger partial charge on any atom is 0.469 e. The Bertz CT molecular complexity index is 1020. The van der Waals surface area contributed by atoms with Gasteiger partial charge in [-0.25, -0.2) is 9.55 Å². The van der Waals surface area contributed by atoms with Gasteiger partial charge in [0.25, 0.3) is 5.56 Å². The molecule has 2 aromatic heterocycles. The Morgan fingerprint density at radius 2 is 2.17 bits per heavy atom. The molecule has 14 nitrogen and oxygen atoms in total. The molecule has 0 bridgehead atoms. The predicted octanol–water partition coefficient (Wildman–Crippen LogP) is -1.46. The van der Waals surface area contributed by atoms with Gasteiger partial charge in [0.2, 0.25) is 11.9 Å². The molecule has 1 fully saturated rings. The number of hydrogen-bond donors (Lipinski definition) is 6. The number of phosphoric acid groups is 1. The van der Waals surface area contributed by atoms with Crippen LogP contribution in [0.1, 0.15) is 13.2 Å². The number of amides is 1. The molecule has 6 N–H and O–H groups in total. The van der Waals surface area contributed by atoms with Crippen LogP contribution in [0.5, 0.6) is 0 Å². The molecule has 1 aliphatic heterocycles. The van der Waals surface area contributed by atoms with Gasteiger partial charge in [0.1, 0.15) is 18.3 Å². The van der Waals surface area contributed by atoms with Crippen molar-refractivity contribution < 1.29 is 38.6 Å². The molecule has 4 atom stereocenters. The summed E-state index contributed by atoms with van der Waals surface area (Å²) in [5, 5.41) is 22.9. The summed E-state index contributed by atoms with van der Waals surface area (Å²) >= 11 is 1.38. The number of hydrogen-bond acceptors (Lipinski definition) is 10. The van der Waals surface area contributed by atoms with Crippen LogP contribution in [-0.2, 0) is 18.6 Å². The van der Waals surface area contributed by atoms with Gasteiger partial charge in [-0.15, -0.1) is 0 Å². The van der Waals surface area contributed by atoms with Crippen LogP contribution >= 0.6 is 19.6 Å². The van der Waals surface area contributed by atoms with Crippen LogP contribution < -0.4 is 10.9 Å². The third-order valence-electron chi connectivity index (χ3n) is 4.15. The molecule has 0 spiro atoms. The van der Waals surface area contributed by atoms with Crippen molar-refractivity contribution in [2.75, 3.05) is 23.4 Å². The highest BCUT2D eigenvalue weighted by molar-refractivity contribution is 7.99. The molecule has 0 saturated carbocycles. The lowest BCUT2D eigenvalue weighted by Crippen LogP contribution is -2.33. The van der Waals surface area contributed by atoms with E-state index in [1.54, 1.807) is 0 Å². The molecule has 3 rings (SSSR count). The number of ether oxygens (including phenoxy) is 1. The van der Waals surface area contributed by atoms with Crippen LogP contribution in [0.3, 0.4) is 0 Å². The number of nitrogens with zero attached hydrogens (tertiary/aromatic N) is 3. The number of nitrogens with one attached hydrogen (secondary N) is 2. The van der Waals surface area contributed by atoms with Crippen LogP contribution in [0.4, 0.5) is 5.95 Å². The smallest absolute Gasteiger partial charge is 0.387 e. The molecule has 3 heterocycles. The van der Waals surface area contributed by atoms with Gasteiger partial charge < -0.3 is 24.7 Å². The lowest BCUT2D eigenvalue weighted by Gasteiger charge is -2.16. The Kier molecular flexibility index (Phi) is 6.94. The summed E-state index contributed by atoms with van der Waals surface area (Å²) in [6, 6.07) is 0. The third kappa shape index (κ3) is 5.07. The van der Waals surface area contributed by atoms with E-state index in [9.17, 15) is 24.4 Å². The van der Waals surface area contributed by atoms with E-state index >= 15 is 0 Å². The predicted molar refractivity (Wildman–Crippen MR) is 104 cm³/mol. The molecule has 30 heavy (non-hydrogen) atoms. The minimum absolute atomic E-state index is 0.0370. The lowest BCUT2D eigenvalue weighted by atomic mass is 10.1. The zero-order valence-corrected chi connectivity index (χ0v) is 17.2. The molecule has 166 valence electrons. The van der Waals surface area contributed by atoms with E-state index in [4.69, 9.17) is 14.5 Å². The highest BCUT2D eigenvalue weighted by atomic mass is 32.2. The van der Waals surface area contributed by atoms with Gasteiger partial charge in [0.05, 0.1) is 18.7 Å². The van der Waals surface area contributed by atoms with Gasteiger partial charge in [0.15, 0.2) is 17.4 Å². The zero-order valence-electron chi connectivity index (χ0n) is 15.5. The number of rotatable bonds is 8. The number of aliphatic hydroxyl groups excluding tert-OH is 2. The van der Waals surface area contributed by atoms with Crippen molar-refractivity contribution in [3.05, 3.63) is 16.7 Å². The lowest BCUT2D eigenvalue weighted by molar-refractivity contribution is -0.113. The summed E-state index contributed by atoms with van der Waals surface area (Å²) in [5.41, 5.74) is -0.784. The highest BCUT2D eigenvalue weighted by Gasteiger charge is 2.45. The monoisotopic (exact) mass is 465 g/mol. The summed E-state index contributed by atoms with van der Waals surface area (Å²) in [6.45, 7) is 1.21. The van der Waals surface area contributed by atoms with Crippen molar-refractivity contribution in [3.8, 4) is 0 Å². The first-order valence-electron chi connectivity index (χ1n) is 8.67. The second kappa shape index (κ2) is 9.11. The first-order valence-corrected chi connectivity index (χ1v) is 11.4. The molecule has 0 radical (unpaired) electrons. The van der Waals surface area contributed by atoms with Gasteiger partial charge in [0, 0.05) is 0 Å². The largest absolute Gasteiger partial charge is 0.469 e. The highest BCUT2D eigenvalue weighted by Crippen LogP contribution is 2.38. The average molecular weight is 465 g/mol. The summed E-state index contributed by atoms with van der Waals surface area (Å²) < 4.78 is 21.8. The van der Waals surface area contributed by atoms with Crippen molar-refractivity contribution in [1.29, 1.82) is 0 Å². The van der Waals surface area contributed by atoms with Gasteiger partial charge in [-0.05, 0) is 5.75 Å². The number of fused-ring (bicyclic) bond motifs is 1. The zero-order chi connectivity index (χ0) is 22.1. The number of aliphatic hydroxyl groups is 2. The first kappa shape index (κ1) is 22.8. The van der Waals surface area contributed by atoms with Gasteiger partial charge >= 0.3 is 7.82 Å². The van der Waals surface area contributed by atoms with Crippen molar-refractivity contribution in [1.82, 2.24) is 19.5 Å². The quantitative estimate of drug-likeness (QED) is 0.247. The molecule has 16 heteroatoms. The molecular weight excluding hydrogens is 445 g/mol. The van der Waals surface area contributed by atoms with Gasteiger partial charge in [-0.1, -0.05) is 6.92 Å². The van der Waals surface area contributed by atoms with Crippen LogP contribution in [0.25, 0.3) is 11.2 Å². The molecule has 1 amide bonds. The standard InChI is InChI=1S/C14H20N5O9PS/c1-2-30-4-7(20)16-14-17-11-8(12(23)18-14)15-5-19(11)13-10(22)9(21)6(28-13)3-27-29(24,25)26/h5-6,9-10,13,21-22H,2-4H2,1H3,(H2,24,25,26)(H2,16,17,18,20,23)/t6-,9-,10-,13-/m1/s1. The maximum absolute atomic E-state index is 12.3. The number of carbonyl (C=O) groups excluding carboxylic acids is 1. The van der Waals surface area contributed by atoms with Gasteiger partial charge in [-0.3, -0.25) is 29.0 Å². The summed E-state index contributed by atoms with van der Waals surface area (Å²) in [7, 11) is -4.81. The molecule has 0 aliphatic carbocycles. The Hall–Kier alpha value is -1.84. The van der Waals surface area contributed by atoms with E-state index in [-0.39, 0.29) is 28.8 Å². The van der Waals surface area contributed by atoms with Crippen LogP contribution in [0.15, 0.2) is 11.1 Å². The molecular formula is C14H20N5O9PS. The number of aromatic amines is 1. The second-order valence-corrected chi connectivity index (χ2v) is 8.77.